The lowest BCUT2D eigenvalue weighted by Gasteiger charge is -2.33. The monoisotopic (exact) mass is 396 g/mol. The first-order valence-electron chi connectivity index (χ1n) is 8.67. The Hall–Kier alpha value is -1.43. The molecule has 142 valence electrons. The minimum Gasteiger partial charge on any atom is -0.329 e. The standard InChI is InChI=1S/C19H27Cl2N5/c1-18(2,3)16(11-9-13-8-10-14(20)12-15(13)21)26-17(22-23-24-26)19(4,5)25(6)7/h8-12,16H,1-7H3/p+1/b11-9-/t16-/m0/s1. The zero-order valence-corrected chi connectivity index (χ0v) is 18.0. The highest BCUT2D eigenvalue weighted by Gasteiger charge is 2.37. The fourth-order valence-electron chi connectivity index (χ4n) is 2.58. The summed E-state index contributed by atoms with van der Waals surface area (Å²) in [6.45, 7) is 10.8. The highest BCUT2D eigenvalue weighted by atomic mass is 35.5. The third kappa shape index (κ3) is 4.45. The molecule has 0 saturated carbocycles. The Morgan fingerprint density at radius 1 is 1.12 bits per heavy atom. The summed E-state index contributed by atoms with van der Waals surface area (Å²) in [4.78, 5) is 1.26. The number of allylic oxidation sites excluding steroid dienone is 1. The van der Waals surface area contributed by atoms with Gasteiger partial charge in [0, 0.05) is 10.0 Å². The van der Waals surface area contributed by atoms with Gasteiger partial charge in [-0.3, -0.25) is 0 Å². The predicted molar refractivity (Wildman–Crippen MR) is 108 cm³/mol. The van der Waals surface area contributed by atoms with Gasteiger partial charge >= 0.3 is 0 Å². The maximum atomic E-state index is 6.31. The largest absolute Gasteiger partial charge is 0.329 e. The summed E-state index contributed by atoms with van der Waals surface area (Å²) in [5, 5.41) is 13.9. The van der Waals surface area contributed by atoms with Crippen LogP contribution in [0.4, 0.5) is 0 Å². The molecule has 0 aliphatic heterocycles. The normalized spacial score (nSPS) is 14.4. The molecule has 0 spiro atoms. The van der Waals surface area contributed by atoms with E-state index < -0.39 is 0 Å². The van der Waals surface area contributed by atoms with Crippen LogP contribution in [0.15, 0.2) is 24.3 Å². The topological polar surface area (TPSA) is 48.0 Å². The molecule has 1 atom stereocenters. The lowest BCUT2D eigenvalue weighted by Crippen LogP contribution is -3.12. The Balaban J connectivity index is 2.48. The van der Waals surface area contributed by atoms with Gasteiger partial charge in [0.05, 0.1) is 20.1 Å². The number of hydrogen-bond acceptors (Lipinski definition) is 3. The van der Waals surface area contributed by atoms with E-state index in [1.807, 2.05) is 22.9 Å². The van der Waals surface area contributed by atoms with E-state index in [-0.39, 0.29) is 17.0 Å². The van der Waals surface area contributed by atoms with E-state index in [4.69, 9.17) is 23.2 Å². The van der Waals surface area contributed by atoms with Crippen LogP contribution in [0.3, 0.4) is 0 Å². The zero-order chi connectivity index (χ0) is 19.7. The van der Waals surface area contributed by atoms with E-state index in [0.29, 0.717) is 10.0 Å². The number of nitrogens with zero attached hydrogens (tertiary/aromatic N) is 4. The smallest absolute Gasteiger partial charge is 0.212 e. The third-order valence-corrected chi connectivity index (χ3v) is 5.44. The van der Waals surface area contributed by atoms with Crippen molar-refractivity contribution in [2.24, 2.45) is 5.41 Å². The molecule has 0 unspecified atom stereocenters. The van der Waals surface area contributed by atoms with Gasteiger partial charge in [0.25, 0.3) is 0 Å². The van der Waals surface area contributed by atoms with E-state index in [0.717, 1.165) is 11.4 Å². The van der Waals surface area contributed by atoms with Crippen molar-refractivity contribution in [2.75, 3.05) is 14.1 Å². The van der Waals surface area contributed by atoms with Gasteiger partial charge in [-0.2, -0.15) is 0 Å². The van der Waals surface area contributed by atoms with Gasteiger partial charge in [0.15, 0.2) is 5.54 Å². The van der Waals surface area contributed by atoms with Crippen LogP contribution in [0.5, 0.6) is 0 Å². The van der Waals surface area contributed by atoms with Gasteiger partial charge in [-0.1, -0.05) is 62.2 Å². The molecular formula is C19H28Cl2N5+. The predicted octanol–water partition coefficient (Wildman–Crippen LogP) is 3.66. The lowest BCUT2D eigenvalue weighted by molar-refractivity contribution is -0.920. The van der Waals surface area contributed by atoms with Crippen molar-refractivity contribution in [1.82, 2.24) is 20.2 Å². The highest BCUT2D eigenvalue weighted by molar-refractivity contribution is 6.35. The maximum absolute atomic E-state index is 6.31. The van der Waals surface area contributed by atoms with E-state index >= 15 is 0 Å². The summed E-state index contributed by atoms with van der Waals surface area (Å²) < 4.78 is 1.92. The Labute approximate surface area is 166 Å². The molecule has 7 heteroatoms. The summed E-state index contributed by atoms with van der Waals surface area (Å²) in [6.07, 6.45) is 4.12. The first-order valence-corrected chi connectivity index (χ1v) is 9.42. The molecule has 2 aromatic rings. The number of quaternary nitrogens is 1. The van der Waals surface area contributed by atoms with Crippen LogP contribution in [0.1, 0.15) is 52.0 Å². The van der Waals surface area contributed by atoms with Gasteiger partial charge in [0.1, 0.15) is 0 Å². The van der Waals surface area contributed by atoms with Crippen LogP contribution in [-0.4, -0.2) is 34.3 Å². The van der Waals surface area contributed by atoms with Gasteiger partial charge in [-0.15, -0.1) is 5.10 Å². The first-order chi connectivity index (χ1) is 11.9. The van der Waals surface area contributed by atoms with Crippen LogP contribution < -0.4 is 4.90 Å². The minimum atomic E-state index is -0.223. The molecule has 26 heavy (non-hydrogen) atoms. The Kier molecular flexibility index (Phi) is 6.16. The molecule has 0 saturated heterocycles. The van der Waals surface area contributed by atoms with Crippen molar-refractivity contribution in [3.8, 4) is 0 Å². The minimum absolute atomic E-state index is 0.0298. The van der Waals surface area contributed by atoms with Crippen molar-refractivity contribution < 1.29 is 4.90 Å². The van der Waals surface area contributed by atoms with Crippen molar-refractivity contribution >= 4 is 29.3 Å². The molecule has 1 aromatic heterocycles. The van der Waals surface area contributed by atoms with Gasteiger partial charge in [-0.05, 0) is 47.4 Å². The Morgan fingerprint density at radius 2 is 1.77 bits per heavy atom. The number of tetrazole rings is 1. The number of hydrogen-bond donors (Lipinski definition) is 1. The second-order valence-corrected chi connectivity index (χ2v) is 9.25. The molecule has 0 radical (unpaired) electrons. The molecule has 2 rings (SSSR count). The number of halogens is 2. The van der Waals surface area contributed by atoms with Crippen molar-refractivity contribution in [1.29, 1.82) is 0 Å². The number of aromatic nitrogens is 4. The van der Waals surface area contributed by atoms with Gasteiger partial charge in [-0.25, -0.2) is 4.68 Å². The molecular weight excluding hydrogens is 369 g/mol. The van der Waals surface area contributed by atoms with E-state index in [9.17, 15) is 0 Å². The van der Waals surface area contributed by atoms with Crippen LogP contribution >= 0.6 is 23.2 Å². The second-order valence-electron chi connectivity index (χ2n) is 8.41. The van der Waals surface area contributed by atoms with Crippen molar-refractivity contribution in [2.45, 2.75) is 46.2 Å². The first kappa shape index (κ1) is 20.9. The van der Waals surface area contributed by atoms with Crippen LogP contribution in [0.2, 0.25) is 10.0 Å². The summed E-state index contributed by atoms with van der Waals surface area (Å²) in [5.74, 6) is 0.851. The Morgan fingerprint density at radius 3 is 2.31 bits per heavy atom. The number of benzene rings is 1. The van der Waals surface area contributed by atoms with Crippen LogP contribution in [0.25, 0.3) is 6.08 Å². The van der Waals surface area contributed by atoms with Gasteiger partial charge < -0.3 is 4.90 Å². The van der Waals surface area contributed by atoms with Crippen molar-refractivity contribution in [3.63, 3.8) is 0 Å². The molecule has 1 aromatic carbocycles. The Bertz CT molecular complexity index is 787. The summed E-state index contributed by atoms with van der Waals surface area (Å²) in [6, 6.07) is 5.46. The van der Waals surface area contributed by atoms with Crippen LogP contribution in [-0.2, 0) is 5.54 Å². The molecule has 0 aliphatic carbocycles. The number of nitrogens with one attached hydrogen (secondary N) is 1. The molecule has 1 N–H and O–H groups in total. The lowest BCUT2D eigenvalue weighted by atomic mass is 9.85. The average molecular weight is 397 g/mol. The third-order valence-electron chi connectivity index (χ3n) is 4.87. The summed E-state index contributed by atoms with van der Waals surface area (Å²) >= 11 is 12.3. The molecule has 0 fully saturated rings. The van der Waals surface area contributed by atoms with E-state index in [1.54, 1.807) is 6.07 Å². The fourth-order valence-corrected chi connectivity index (χ4v) is 3.06. The SMILES string of the molecule is C[NH+](C)C(C)(C)c1nnnn1[C@@H](/C=C\c1ccc(Cl)cc1Cl)C(C)(C)C. The zero-order valence-electron chi connectivity index (χ0n) is 16.5. The number of rotatable bonds is 5. The fraction of sp³-hybridized carbons (Fsp3) is 0.526. The van der Waals surface area contributed by atoms with Crippen molar-refractivity contribution in [3.05, 3.63) is 45.7 Å². The van der Waals surface area contributed by atoms with Crippen LogP contribution in [0, 0.1) is 5.41 Å². The highest BCUT2D eigenvalue weighted by Crippen LogP contribution is 2.34. The summed E-state index contributed by atoms with van der Waals surface area (Å²) in [5.41, 5.74) is 0.605. The molecule has 5 nitrogen and oxygen atoms in total. The molecule has 1 heterocycles. The molecule has 0 amide bonds. The van der Waals surface area contributed by atoms with E-state index in [2.05, 4.69) is 70.3 Å². The molecule has 0 bridgehead atoms. The summed E-state index contributed by atoms with van der Waals surface area (Å²) in [7, 11) is 4.21. The van der Waals surface area contributed by atoms with E-state index in [1.165, 1.54) is 4.90 Å². The average Bonchev–Trinajstić information content (AvgIpc) is 2.97. The van der Waals surface area contributed by atoms with Gasteiger partial charge in [0.2, 0.25) is 5.82 Å². The maximum Gasteiger partial charge on any atom is 0.212 e. The molecule has 0 aliphatic rings. The quantitative estimate of drug-likeness (QED) is 0.838. The second kappa shape index (κ2) is 7.67.